The molecule has 2 aliphatic rings. The summed E-state index contributed by atoms with van der Waals surface area (Å²) in [6.45, 7) is 6.03. The molecule has 2 saturated heterocycles. The molecule has 1 atom stereocenters. The molecule has 1 unspecified atom stereocenters. The van der Waals surface area contributed by atoms with Crippen LogP contribution in [0.1, 0.15) is 43.0 Å². The van der Waals surface area contributed by atoms with Gasteiger partial charge in [-0.2, -0.15) is 4.31 Å². The third-order valence-corrected chi connectivity index (χ3v) is 7.41. The maximum absolute atomic E-state index is 12.7. The lowest BCUT2D eigenvalue weighted by atomic mass is 10.0. The largest absolute Gasteiger partial charge is 0.352 e. The molecule has 6 nitrogen and oxygen atoms in total. The lowest BCUT2D eigenvalue weighted by Gasteiger charge is -2.29. The SMILES string of the molecule is CC1CCN(S(=O)(=O)c2ccc(C(=O)NCCC3CCNC3)cc2)CC1. The number of piperidine rings is 1. The fourth-order valence-electron chi connectivity index (χ4n) is 3.61. The highest BCUT2D eigenvalue weighted by molar-refractivity contribution is 7.89. The van der Waals surface area contributed by atoms with Gasteiger partial charge in [-0.05, 0) is 74.9 Å². The van der Waals surface area contributed by atoms with Gasteiger partial charge in [0, 0.05) is 25.2 Å². The van der Waals surface area contributed by atoms with Gasteiger partial charge in [0.05, 0.1) is 4.90 Å². The van der Waals surface area contributed by atoms with E-state index in [1.54, 1.807) is 28.6 Å². The van der Waals surface area contributed by atoms with E-state index in [2.05, 4.69) is 17.6 Å². The quantitative estimate of drug-likeness (QED) is 0.790. The molecule has 1 aromatic carbocycles. The molecule has 3 rings (SSSR count). The van der Waals surface area contributed by atoms with Crippen molar-refractivity contribution in [3.8, 4) is 0 Å². The van der Waals surface area contributed by atoms with Gasteiger partial charge < -0.3 is 10.6 Å². The van der Waals surface area contributed by atoms with Gasteiger partial charge in [0.1, 0.15) is 0 Å². The van der Waals surface area contributed by atoms with E-state index < -0.39 is 10.0 Å². The van der Waals surface area contributed by atoms with E-state index >= 15 is 0 Å². The highest BCUT2D eigenvalue weighted by Gasteiger charge is 2.28. The average molecular weight is 380 g/mol. The predicted molar refractivity (Wildman–Crippen MR) is 102 cm³/mol. The van der Waals surface area contributed by atoms with Crippen LogP contribution < -0.4 is 10.6 Å². The van der Waals surface area contributed by atoms with Crippen LogP contribution in [0.5, 0.6) is 0 Å². The maximum Gasteiger partial charge on any atom is 0.251 e. The Kier molecular flexibility index (Phi) is 6.32. The second-order valence-electron chi connectivity index (χ2n) is 7.51. The standard InChI is InChI=1S/C19H29N3O3S/c1-15-8-12-22(13-9-15)26(24,25)18-4-2-17(3-5-18)19(23)21-11-7-16-6-10-20-14-16/h2-5,15-16,20H,6-14H2,1H3,(H,21,23). The molecule has 2 fully saturated rings. The van der Waals surface area contributed by atoms with Crippen LogP contribution in [0.3, 0.4) is 0 Å². The Morgan fingerprint density at radius 2 is 1.88 bits per heavy atom. The summed E-state index contributed by atoms with van der Waals surface area (Å²) < 4.78 is 27.0. The molecule has 1 aromatic rings. The topological polar surface area (TPSA) is 78.5 Å². The lowest BCUT2D eigenvalue weighted by molar-refractivity contribution is 0.0951. The molecular formula is C19H29N3O3S. The van der Waals surface area contributed by atoms with Gasteiger partial charge in [0.2, 0.25) is 10.0 Å². The zero-order valence-electron chi connectivity index (χ0n) is 15.4. The molecule has 26 heavy (non-hydrogen) atoms. The Morgan fingerprint density at radius 3 is 2.50 bits per heavy atom. The minimum absolute atomic E-state index is 0.147. The van der Waals surface area contributed by atoms with Crippen LogP contribution in [0.15, 0.2) is 29.2 Å². The summed E-state index contributed by atoms with van der Waals surface area (Å²) in [5.41, 5.74) is 0.501. The number of nitrogens with zero attached hydrogens (tertiary/aromatic N) is 1. The van der Waals surface area contributed by atoms with Gasteiger partial charge in [-0.15, -0.1) is 0 Å². The summed E-state index contributed by atoms with van der Waals surface area (Å²) in [6.07, 6.45) is 3.93. The zero-order chi connectivity index (χ0) is 18.6. The minimum atomic E-state index is -3.46. The molecule has 2 heterocycles. The lowest BCUT2D eigenvalue weighted by Crippen LogP contribution is -2.37. The van der Waals surface area contributed by atoms with Crippen LogP contribution in [0, 0.1) is 11.8 Å². The second kappa shape index (κ2) is 8.50. The molecule has 0 radical (unpaired) electrons. The van der Waals surface area contributed by atoms with Gasteiger partial charge in [-0.25, -0.2) is 8.42 Å². The number of nitrogens with one attached hydrogen (secondary N) is 2. The van der Waals surface area contributed by atoms with Crippen LogP contribution in [0.2, 0.25) is 0 Å². The van der Waals surface area contributed by atoms with Crippen molar-refractivity contribution in [2.24, 2.45) is 11.8 Å². The third kappa shape index (κ3) is 4.64. The van der Waals surface area contributed by atoms with Crippen molar-refractivity contribution < 1.29 is 13.2 Å². The summed E-state index contributed by atoms with van der Waals surface area (Å²) in [4.78, 5) is 12.5. The molecule has 0 aliphatic carbocycles. The van der Waals surface area contributed by atoms with Crippen LogP contribution in [-0.4, -0.2) is 51.4 Å². The molecule has 2 N–H and O–H groups in total. The predicted octanol–water partition coefficient (Wildman–Crippen LogP) is 1.84. The van der Waals surface area contributed by atoms with Crippen LogP contribution in [0.4, 0.5) is 0 Å². The molecule has 0 saturated carbocycles. The number of amides is 1. The first-order chi connectivity index (χ1) is 12.5. The summed E-state index contributed by atoms with van der Waals surface area (Å²) in [5, 5.41) is 6.24. The number of hydrogen-bond acceptors (Lipinski definition) is 4. The van der Waals surface area contributed by atoms with Crippen LogP contribution >= 0.6 is 0 Å². The number of rotatable bonds is 6. The zero-order valence-corrected chi connectivity index (χ0v) is 16.2. The van der Waals surface area contributed by atoms with Gasteiger partial charge in [-0.1, -0.05) is 6.92 Å². The van der Waals surface area contributed by atoms with Crippen molar-refractivity contribution >= 4 is 15.9 Å². The fourth-order valence-corrected chi connectivity index (χ4v) is 5.08. The smallest absolute Gasteiger partial charge is 0.251 e. The molecule has 144 valence electrons. The van der Waals surface area contributed by atoms with Crippen LogP contribution in [0.25, 0.3) is 0 Å². The molecular weight excluding hydrogens is 350 g/mol. The van der Waals surface area contributed by atoms with Crippen molar-refractivity contribution in [1.29, 1.82) is 0 Å². The second-order valence-corrected chi connectivity index (χ2v) is 9.45. The Morgan fingerprint density at radius 1 is 1.19 bits per heavy atom. The highest BCUT2D eigenvalue weighted by atomic mass is 32.2. The van der Waals surface area contributed by atoms with E-state index in [1.165, 1.54) is 0 Å². The van der Waals surface area contributed by atoms with Crippen molar-refractivity contribution in [2.45, 2.75) is 37.5 Å². The van der Waals surface area contributed by atoms with E-state index in [0.717, 1.165) is 38.8 Å². The monoisotopic (exact) mass is 379 g/mol. The van der Waals surface area contributed by atoms with Crippen molar-refractivity contribution in [3.63, 3.8) is 0 Å². The Hall–Kier alpha value is -1.44. The van der Waals surface area contributed by atoms with E-state index in [4.69, 9.17) is 0 Å². The molecule has 0 aromatic heterocycles. The average Bonchev–Trinajstić information content (AvgIpc) is 3.15. The normalized spacial score (nSPS) is 22.4. The van der Waals surface area contributed by atoms with Gasteiger partial charge in [0.15, 0.2) is 0 Å². The third-order valence-electron chi connectivity index (χ3n) is 5.50. The minimum Gasteiger partial charge on any atom is -0.352 e. The molecule has 2 aliphatic heterocycles. The number of carbonyl (C=O) groups is 1. The van der Waals surface area contributed by atoms with Crippen LogP contribution in [-0.2, 0) is 10.0 Å². The molecule has 0 bridgehead atoms. The molecule has 7 heteroatoms. The highest BCUT2D eigenvalue weighted by Crippen LogP contribution is 2.23. The van der Waals surface area contributed by atoms with Gasteiger partial charge in [-0.3, -0.25) is 4.79 Å². The maximum atomic E-state index is 12.7. The first kappa shape index (κ1) is 19.3. The fraction of sp³-hybridized carbons (Fsp3) is 0.632. The summed E-state index contributed by atoms with van der Waals surface area (Å²) in [5.74, 6) is 1.06. The number of carbonyl (C=O) groups excluding carboxylic acids is 1. The Bertz CT molecular complexity index is 704. The summed E-state index contributed by atoms with van der Waals surface area (Å²) >= 11 is 0. The number of benzene rings is 1. The first-order valence-electron chi connectivity index (χ1n) is 9.56. The van der Waals surface area contributed by atoms with E-state index in [0.29, 0.717) is 37.0 Å². The first-order valence-corrected chi connectivity index (χ1v) is 11.0. The van der Waals surface area contributed by atoms with Crippen molar-refractivity contribution in [2.75, 3.05) is 32.7 Å². The Balaban J connectivity index is 1.56. The number of sulfonamides is 1. The van der Waals surface area contributed by atoms with Crippen molar-refractivity contribution in [1.82, 2.24) is 14.9 Å². The Labute approximate surface area is 156 Å². The van der Waals surface area contributed by atoms with Gasteiger partial charge in [0.25, 0.3) is 5.91 Å². The molecule has 1 amide bonds. The number of hydrogen-bond donors (Lipinski definition) is 2. The van der Waals surface area contributed by atoms with Gasteiger partial charge >= 0.3 is 0 Å². The summed E-state index contributed by atoms with van der Waals surface area (Å²) in [7, 11) is -3.46. The molecule has 0 spiro atoms. The van der Waals surface area contributed by atoms with E-state index in [1.807, 2.05) is 0 Å². The summed E-state index contributed by atoms with van der Waals surface area (Å²) in [6, 6.07) is 6.30. The van der Waals surface area contributed by atoms with Crippen molar-refractivity contribution in [3.05, 3.63) is 29.8 Å². The van der Waals surface area contributed by atoms with E-state index in [9.17, 15) is 13.2 Å². The van der Waals surface area contributed by atoms with E-state index in [-0.39, 0.29) is 10.8 Å².